The standard InChI is InChI=1S/C10H14FN/c1-2-4-8-5-3-6-10(11)9(8)7-12/h3,5-6H,2,4,7,12H2,1H3. The summed E-state index contributed by atoms with van der Waals surface area (Å²) in [6.07, 6.45) is 1.93. The molecule has 0 aliphatic heterocycles. The zero-order valence-electron chi connectivity index (χ0n) is 7.31. The Morgan fingerprint density at radius 2 is 2.17 bits per heavy atom. The fourth-order valence-electron chi connectivity index (χ4n) is 1.34. The highest BCUT2D eigenvalue weighted by Gasteiger charge is 2.04. The number of hydrogen-bond donors (Lipinski definition) is 1. The van der Waals surface area contributed by atoms with Gasteiger partial charge in [-0.25, -0.2) is 4.39 Å². The summed E-state index contributed by atoms with van der Waals surface area (Å²) in [5.74, 6) is -0.177. The SMILES string of the molecule is CCCc1cccc(F)c1CN. The Morgan fingerprint density at radius 1 is 1.42 bits per heavy atom. The van der Waals surface area contributed by atoms with Gasteiger partial charge in [-0.15, -0.1) is 0 Å². The van der Waals surface area contributed by atoms with Crippen LogP contribution in [0.4, 0.5) is 4.39 Å². The Hall–Kier alpha value is -0.890. The first-order valence-electron chi connectivity index (χ1n) is 4.26. The summed E-state index contributed by atoms with van der Waals surface area (Å²) in [5, 5.41) is 0. The van der Waals surface area contributed by atoms with E-state index < -0.39 is 0 Å². The number of benzene rings is 1. The lowest BCUT2D eigenvalue weighted by molar-refractivity contribution is 0.606. The third-order valence-corrected chi connectivity index (χ3v) is 1.94. The van der Waals surface area contributed by atoms with E-state index in [9.17, 15) is 4.39 Å². The summed E-state index contributed by atoms with van der Waals surface area (Å²) >= 11 is 0. The zero-order chi connectivity index (χ0) is 8.97. The second kappa shape index (κ2) is 4.21. The van der Waals surface area contributed by atoms with E-state index in [1.807, 2.05) is 6.07 Å². The van der Waals surface area contributed by atoms with Gasteiger partial charge in [-0.3, -0.25) is 0 Å². The Kier molecular flexibility index (Phi) is 3.23. The van der Waals surface area contributed by atoms with Crippen molar-refractivity contribution >= 4 is 0 Å². The first-order chi connectivity index (χ1) is 5.79. The molecule has 0 atom stereocenters. The van der Waals surface area contributed by atoms with E-state index in [4.69, 9.17) is 5.73 Å². The van der Waals surface area contributed by atoms with Crippen LogP contribution in [0.5, 0.6) is 0 Å². The van der Waals surface area contributed by atoms with E-state index in [2.05, 4.69) is 6.92 Å². The van der Waals surface area contributed by atoms with Crippen molar-refractivity contribution in [1.29, 1.82) is 0 Å². The van der Waals surface area contributed by atoms with Crippen molar-refractivity contribution in [2.45, 2.75) is 26.3 Å². The van der Waals surface area contributed by atoms with Crippen molar-refractivity contribution in [3.63, 3.8) is 0 Å². The average Bonchev–Trinajstić information content (AvgIpc) is 2.05. The Morgan fingerprint density at radius 3 is 2.75 bits per heavy atom. The van der Waals surface area contributed by atoms with Gasteiger partial charge < -0.3 is 5.73 Å². The fraction of sp³-hybridized carbons (Fsp3) is 0.400. The summed E-state index contributed by atoms with van der Waals surface area (Å²) in [5.41, 5.74) is 7.15. The van der Waals surface area contributed by atoms with Crippen LogP contribution < -0.4 is 5.73 Å². The van der Waals surface area contributed by atoms with Crippen LogP contribution in [-0.4, -0.2) is 0 Å². The van der Waals surface area contributed by atoms with Gasteiger partial charge in [-0.1, -0.05) is 25.5 Å². The van der Waals surface area contributed by atoms with Crippen LogP contribution in [-0.2, 0) is 13.0 Å². The number of rotatable bonds is 3. The Labute approximate surface area is 72.4 Å². The van der Waals surface area contributed by atoms with E-state index in [1.165, 1.54) is 6.07 Å². The second-order valence-corrected chi connectivity index (χ2v) is 2.83. The number of hydrogen-bond acceptors (Lipinski definition) is 1. The topological polar surface area (TPSA) is 26.0 Å². The van der Waals surface area contributed by atoms with Crippen LogP contribution in [0.1, 0.15) is 24.5 Å². The van der Waals surface area contributed by atoms with Gasteiger partial charge in [-0.05, 0) is 18.1 Å². The van der Waals surface area contributed by atoms with Crippen LogP contribution in [0.2, 0.25) is 0 Å². The highest BCUT2D eigenvalue weighted by atomic mass is 19.1. The van der Waals surface area contributed by atoms with Crippen LogP contribution in [0.25, 0.3) is 0 Å². The minimum atomic E-state index is -0.177. The lowest BCUT2D eigenvalue weighted by Gasteiger charge is -2.06. The number of halogens is 1. The molecule has 1 aromatic rings. The molecule has 66 valence electrons. The fourth-order valence-corrected chi connectivity index (χ4v) is 1.34. The minimum Gasteiger partial charge on any atom is -0.326 e. The Bertz CT molecular complexity index is 258. The average molecular weight is 167 g/mol. The molecule has 0 heterocycles. The van der Waals surface area contributed by atoms with Crippen LogP contribution in [0.3, 0.4) is 0 Å². The maximum atomic E-state index is 13.1. The largest absolute Gasteiger partial charge is 0.326 e. The molecule has 2 heteroatoms. The van der Waals surface area contributed by atoms with Crippen LogP contribution >= 0.6 is 0 Å². The molecule has 0 aliphatic carbocycles. The molecule has 2 N–H and O–H groups in total. The van der Waals surface area contributed by atoms with Crippen molar-refractivity contribution < 1.29 is 4.39 Å². The molecule has 12 heavy (non-hydrogen) atoms. The van der Waals surface area contributed by atoms with E-state index >= 15 is 0 Å². The van der Waals surface area contributed by atoms with Crippen molar-refractivity contribution in [2.75, 3.05) is 0 Å². The molecule has 0 aromatic heterocycles. The normalized spacial score (nSPS) is 10.2. The third-order valence-electron chi connectivity index (χ3n) is 1.94. The molecule has 1 nitrogen and oxygen atoms in total. The zero-order valence-corrected chi connectivity index (χ0v) is 7.31. The molecule has 1 aromatic carbocycles. The van der Waals surface area contributed by atoms with Gasteiger partial charge in [0.15, 0.2) is 0 Å². The molecule has 0 aliphatic rings. The third kappa shape index (κ3) is 1.83. The molecule has 0 saturated carbocycles. The maximum Gasteiger partial charge on any atom is 0.127 e. The minimum absolute atomic E-state index is 0.177. The van der Waals surface area contributed by atoms with Gasteiger partial charge in [0.2, 0.25) is 0 Å². The predicted molar refractivity (Wildman–Crippen MR) is 48.3 cm³/mol. The first-order valence-corrected chi connectivity index (χ1v) is 4.26. The van der Waals surface area contributed by atoms with Crippen LogP contribution in [0, 0.1) is 5.82 Å². The van der Waals surface area contributed by atoms with Gasteiger partial charge in [-0.2, -0.15) is 0 Å². The van der Waals surface area contributed by atoms with Crippen molar-refractivity contribution in [3.8, 4) is 0 Å². The molecule has 0 radical (unpaired) electrons. The van der Waals surface area contributed by atoms with Gasteiger partial charge in [0.1, 0.15) is 5.82 Å². The van der Waals surface area contributed by atoms with Gasteiger partial charge in [0.05, 0.1) is 0 Å². The van der Waals surface area contributed by atoms with Gasteiger partial charge >= 0.3 is 0 Å². The highest BCUT2D eigenvalue weighted by molar-refractivity contribution is 5.28. The highest BCUT2D eigenvalue weighted by Crippen LogP contribution is 2.14. The first kappa shape index (κ1) is 9.20. The molecule has 0 bridgehead atoms. The maximum absolute atomic E-state index is 13.1. The molecule has 0 fully saturated rings. The van der Waals surface area contributed by atoms with Gasteiger partial charge in [0, 0.05) is 12.1 Å². The van der Waals surface area contributed by atoms with Crippen molar-refractivity contribution in [3.05, 3.63) is 35.1 Å². The molecule has 0 spiro atoms. The van der Waals surface area contributed by atoms with E-state index in [1.54, 1.807) is 6.07 Å². The summed E-state index contributed by atoms with van der Waals surface area (Å²) in [7, 11) is 0. The van der Waals surface area contributed by atoms with E-state index in [0.29, 0.717) is 12.1 Å². The summed E-state index contributed by atoms with van der Waals surface area (Å²) in [6, 6.07) is 5.13. The molecular weight excluding hydrogens is 153 g/mol. The predicted octanol–water partition coefficient (Wildman–Crippen LogP) is 2.24. The quantitative estimate of drug-likeness (QED) is 0.734. The molecular formula is C10H14FN. The Balaban J connectivity index is 3.00. The molecule has 0 unspecified atom stereocenters. The lowest BCUT2D eigenvalue weighted by Crippen LogP contribution is -2.04. The van der Waals surface area contributed by atoms with Crippen LogP contribution in [0.15, 0.2) is 18.2 Å². The molecule has 0 amide bonds. The summed E-state index contributed by atoms with van der Waals surface area (Å²) in [6.45, 7) is 2.37. The van der Waals surface area contributed by atoms with Crippen molar-refractivity contribution in [2.24, 2.45) is 5.73 Å². The summed E-state index contributed by atoms with van der Waals surface area (Å²) < 4.78 is 13.1. The second-order valence-electron chi connectivity index (χ2n) is 2.83. The number of aryl methyl sites for hydroxylation is 1. The monoisotopic (exact) mass is 167 g/mol. The van der Waals surface area contributed by atoms with E-state index in [-0.39, 0.29) is 5.82 Å². The molecule has 0 saturated heterocycles. The summed E-state index contributed by atoms with van der Waals surface area (Å²) in [4.78, 5) is 0. The smallest absolute Gasteiger partial charge is 0.127 e. The van der Waals surface area contributed by atoms with Gasteiger partial charge in [0.25, 0.3) is 0 Å². The van der Waals surface area contributed by atoms with E-state index in [0.717, 1.165) is 18.4 Å². The van der Waals surface area contributed by atoms with Crippen molar-refractivity contribution in [1.82, 2.24) is 0 Å². The molecule has 1 rings (SSSR count). The number of nitrogens with two attached hydrogens (primary N) is 1. The lowest BCUT2D eigenvalue weighted by atomic mass is 10.0.